The molecule has 1 amide bonds. The van der Waals surface area contributed by atoms with Gasteiger partial charge in [-0.15, -0.1) is 0 Å². The van der Waals surface area contributed by atoms with E-state index < -0.39 is 12.1 Å². The van der Waals surface area contributed by atoms with E-state index in [1.807, 2.05) is 0 Å². The summed E-state index contributed by atoms with van der Waals surface area (Å²) in [5, 5.41) is 22.9. The van der Waals surface area contributed by atoms with Crippen LogP contribution in [0.15, 0.2) is 85.1 Å². The Balaban J connectivity index is 3.53. The molecular formula is C48H83NO3. The number of nitrogens with one attached hydrogen (secondary N) is 1. The zero-order chi connectivity index (χ0) is 37.8. The summed E-state index contributed by atoms with van der Waals surface area (Å²) in [6, 6.07) is -0.539. The van der Waals surface area contributed by atoms with E-state index in [1.54, 1.807) is 0 Å². The Hall–Kier alpha value is -2.43. The van der Waals surface area contributed by atoms with Crippen molar-refractivity contribution < 1.29 is 15.0 Å². The van der Waals surface area contributed by atoms with Gasteiger partial charge in [-0.1, -0.05) is 202 Å². The lowest BCUT2D eigenvalue weighted by Gasteiger charge is -2.22. The number of rotatable bonds is 38. The minimum absolute atomic E-state index is 0.0435. The number of amides is 1. The highest BCUT2D eigenvalue weighted by molar-refractivity contribution is 5.76. The summed E-state index contributed by atoms with van der Waals surface area (Å²) in [5.41, 5.74) is 0. The first kappa shape index (κ1) is 49.6. The van der Waals surface area contributed by atoms with Crippen LogP contribution in [0.2, 0.25) is 0 Å². The molecule has 0 aliphatic rings. The van der Waals surface area contributed by atoms with Gasteiger partial charge in [0.2, 0.25) is 5.91 Å². The van der Waals surface area contributed by atoms with Crippen LogP contribution in [0, 0.1) is 0 Å². The van der Waals surface area contributed by atoms with Crippen LogP contribution in [0.1, 0.15) is 194 Å². The Bertz CT molecular complexity index is 957. The van der Waals surface area contributed by atoms with Crippen LogP contribution in [-0.4, -0.2) is 34.9 Å². The van der Waals surface area contributed by atoms with Gasteiger partial charge in [0.05, 0.1) is 18.8 Å². The molecule has 2 unspecified atom stereocenters. The van der Waals surface area contributed by atoms with Gasteiger partial charge in [-0.05, 0) is 70.6 Å². The number of unbranched alkanes of at least 4 members (excludes halogenated alkanes) is 17. The van der Waals surface area contributed by atoms with Crippen molar-refractivity contribution in [2.45, 2.75) is 206 Å². The fourth-order valence-electron chi connectivity index (χ4n) is 6.10. The van der Waals surface area contributed by atoms with Crippen molar-refractivity contribution in [3.05, 3.63) is 85.1 Å². The molecule has 0 aromatic heterocycles. The van der Waals surface area contributed by atoms with E-state index in [9.17, 15) is 15.0 Å². The van der Waals surface area contributed by atoms with Crippen molar-refractivity contribution in [3.8, 4) is 0 Å². The molecule has 0 spiro atoms. The van der Waals surface area contributed by atoms with Gasteiger partial charge in [-0.2, -0.15) is 0 Å². The molecule has 2 atom stereocenters. The van der Waals surface area contributed by atoms with E-state index in [-0.39, 0.29) is 12.5 Å². The van der Waals surface area contributed by atoms with Gasteiger partial charge in [0.25, 0.3) is 0 Å². The predicted octanol–water partition coefficient (Wildman–Crippen LogP) is 13.7. The highest BCUT2D eigenvalue weighted by Crippen LogP contribution is 2.14. The van der Waals surface area contributed by atoms with Gasteiger partial charge < -0.3 is 15.5 Å². The van der Waals surface area contributed by atoms with E-state index in [2.05, 4.69) is 104 Å². The van der Waals surface area contributed by atoms with Gasteiger partial charge in [-0.25, -0.2) is 0 Å². The summed E-state index contributed by atoms with van der Waals surface area (Å²) in [5.74, 6) is -0.0435. The van der Waals surface area contributed by atoms with E-state index in [0.29, 0.717) is 12.8 Å². The molecule has 0 radical (unpaired) electrons. The number of hydrogen-bond acceptors (Lipinski definition) is 3. The average Bonchev–Trinajstić information content (AvgIpc) is 3.15. The molecule has 0 fully saturated rings. The molecule has 0 aromatic carbocycles. The summed E-state index contributed by atoms with van der Waals surface area (Å²) in [7, 11) is 0. The molecule has 3 N–H and O–H groups in total. The average molecular weight is 722 g/mol. The quantitative estimate of drug-likeness (QED) is 0.0439. The van der Waals surface area contributed by atoms with Gasteiger partial charge in [0, 0.05) is 6.42 Å². The third kappa shape index (κ3) is 38.8. The van der Waals surface area contributed by atoms with Crippen LogP contribution in [-0.2, 0) is 4.79 Å². The van der Waals surface area contributed by atoms with E-state index in [4.69, 9.17) is 0 Å². The summed E-state index contributed by atoms with van der Waals surface area (Å²) in [4.78, 5) is 12.3. The number of carbonyl (C=O) groups excluding carboxylic acids is 1. The monoisotopic (exact) mass is 722 g/mol. The molecule has 0 saturated heterocycles. The Morgan fingerprint density at radius 2 is 0.846 bits per heavy atom. The largest absolute Gasteiger partial charge is 0.394 e. The molecule has 0 bridgehead atoms. The second-order valence-electron chi connectivity index (χ2n) is 14.4. The first-order valence-corrected chi connectivity index (χ1v) is 21.8. The summed E-state index contributed by atoms with van der Waals surface area (Å²) < 4.78 is 0. The van der Waals surface area contributed by atoms with Crippen LogP contribution in [0.4, 0.5) is 0 Å². The lowest BCUT2D eigenvalue weighted by molar-refractivity contribution is -0.123. The maximum Gasteiger partial charge on any atom is 0.220 e. The van der Waals surface area contributed by atoms with Crippen molar-refractivity contribution >= 4 is 5.91 Å². The zero-order valence-corrected chi connectivity index (χ0v) is 34.0. The van der Waals surface area contributed by atoms with Crippen molar-refractivity contribution in [1.29, 1.82) is 0 Å². The second kappa shape index (κ2) is 43.0. The number of allylic oxidation sites excluding steroid dienone is 14. The Kier molecular flexibility index (Phi) is 41.0. The molecular weight excluding hydrogens is 639 g/mol. The normalized spacial score (nSPS) is 13.8. The molecule has 4 nitrogen and oxygen atoms in total. The Morgan fingerprint density at radius 1 is 0.481 bits per heavy atom. The maximum atomic E-state index is 12.3. The third-order valence-corrected chi connectivity index (χ3v) is 9.42. The third-order valence-electron chi connectivity index (χ3n) is 9.42. The van der Waals surface area contributed by atoms with Gasteiger partial charge in [0.15, 0.2) is 0 Å². The van der Waals surface area contributed by atoms with Crippen molar-refractivity contribution in [2.75, 3.05) is 6.61 Å². The first-order valence-electron chi connectivity index (χ1n) is 21.8. The number of aliphatic hydroxyl groups excluding tert-OH is 2. The minimum Gasteiger partial charge on any atom is -0.394 e. The highest BCUT2D eigenvalue weighted by atomic mass is 16.3. The van der Waals surface area contributed by atoms with Crippen LogP contribution in [0.5, 0.6) is 0 Å². The molecule has 0 aliphatic carbocycles. The molecule has 0 heterocycles. The minimum atomic E-state index is -0.661. The van der Waals surface area contributed by atoms with Gasteiger partial charge >= 0.3 is 0 Å². The summed E-state index contributed by atoms with van der Waals surface area (Å²) in [6.45, 7) is 4.19. The standard InChI is InChI=1S/C48H83NO3/c1-3-5-7-9-11-12-13-14-15-16-17-18-19-20-21-22-23-24-25-26-27-28-29-30-31-32-33-34-35-36-38-40-42-44-48(52)49-46(45-50)47(51)43-41-39-37-10-8-6-4-2/h5,7,11-12,14-15,17-18,20-21,23-24,26-27,46-47,50-51H,3-4,6,8-10,13,16,19,22,25,28-45H2,1-2H3,(H,49,52)/b7-5-,12-11-,15-14-,18-17-,21-20-,24-23-,27-26-. The maximum absolute atomic E-state index is 12.3. The summed E-state index contributed by atoms with van der Waals surface area (Å²) in [6.07, 6.45) is 62.5. The summed E-state index contributed by atoms with van der Waals surface area (Å²) >= 11 is 0. The van der Waals surface area contributed by atoms with Crippen LogP contribution < -0.4 is 5.32 Å². The van der Waals surface area contributed by atoms with Crippen molar-refractivity contribution in [2.24, 2.45) is 0 Å². The lowest BCUT2D eigenvalue weighted by atomic mass is 10.0. The lowest BCUT2D eigenvalue weighted by Crippen LogP contribution is -2.45. The second-order valence-corrected chi connectivity index (χ2v) is 14.4. The molecule has 4 heteroatoms. The fourth-order valence-corrected chi connectivity index (χ4v) is 6.10. The van der Waals surface area contributed by atoms with Crippen molar-refractivity contribution in [3.63, 3.8) is 0 Å². The van der Waals surface area contributed by atoms with Crippen LogP contribution >= 0.6 is 0 Å². The van der Waals surface area contributed by atoms with Crippen molar-refractivity contribution in [1.82, 2.24) is 5.32 Å². The van der Waals surface area contributed by atoms with Crippen LogP contribution in [0.3, 0.4) is 0 Å². The Morgan fingerprint density at radius 3 is 1.27 bits per heavy atom. The zero-order valence-electron chi connectivity index (χ0n) is 34.0. The first-order chi connectivity index (χ1) is 25.7. The number of carbonyl (C=O) groups is 1. The number of aliphatic hydroxyl groups is 2. The molecule has 0 aliphatic heterocycles. The molecule has 0 rings (SSSR count). The molecule has 0 aromatic rings. The fraction of sp³-hybridized carbons (Fsp3) is 0.688. The van der Waals surface area contributed by atoms with Gasteiger partial charge in [-0.3, -0.25) is 4.79 Å². The van der Waals surface area contributed by atoms with E-state index >= 15 is 0 Å². The number of hydrogen-bond donors (Lipinski definition) is 3. The molecule has 0 saturated carbocycles. The van der Waals surface area contributed by atoms with E-state index in [1.165, 1.54) is 96.3 Å². The highest BCUT2D eigenvalue weighted by Gasteiger charge is 2.19. The molecule has 52 heavy (non-hydrogen) atoms. The van der Waals surface area contributed by atoms with Crippen LogP contribution in [0.25, 0.3) is 0 Å². The van der Waals surface area contributed by atoms with Gasteiger partial charge in [0.1, 0.15) is 0 Å². The Labute approximate surface area is 322 Å². The predicted molar refractivity (Wildman–Crippen MR) is 230 cm³/mol. The smallest absolute Gasteiger partial charge is 0.220 e. The molecule has 298 valence electrons. The topological polar surface area (TPSA) is 69.6 Å². The SMILES string of the molecule is CC/C=C\C/C=C\C/C=C\C/C=C\C/C=C\C/C=C\C/C=C\CCCCCCCCCCCCCC(=O)NC(CO)C(O)CCCCCCCCC. The van der Waals surface area contributed by atoms with E-state index in [0.717, 1.165) is 70.6 Å².